The van der Waals surface area contributed by atoms with Gasteiger partial charge in [0.1, 0.15) is 0 Å². The molecule has 0 bridgehead atoms. The zero-order valence-electron chi connectivity index (χ0n) is 8.37. The molecule has 2 nitrogen and oxygen atoms in total. The summed E-state index contributed by atoms with van der Waals surface area (Å²) >= 11 is 5.94. The number of hydrogen-bond donors (Lipinski definition) is 1. The van der Waals surface area contributed by atoms with Crippen LogP contribution in [0.4, 0.5) is 5.69 Å². The molecular weight excluding hydrogens is 208 g/mol. The highest BCUT2D eigenvalue weighted by Crippen LogP contribution is 2.28. The molecule has 2 N–H and O–H groups in total. The van der Waals surface area contributed by atoms with Gasteiger partial charge in [-0.3, -0.25) is 4.98 Å². The predicted octanol–water partition coefficient (Wildman–Crippen LogP) is 3.29. The van der Waals surface area contributed by atoms with E-state index in [1.54, 1.807) is 12.3 Å². The largest absolute Gasteiger partial charge is 0.398 e. The quantitative estimate of drug-likeness (QED) is 0.746. The molecule has 1 aromatic carbocycles. The molecule has 0 aliphatic carbocycles. The SMILES string of the molecule is Cc1cc(-c2cc(Cl)ccc2N)ccn1. The summed E-state index contributed by atoms with van der Waals surface area (Å²) in [5.41, 5.74) is 9.58. The number of benzene rings is 1. The van der Waals surface area contributed by atoms with E-state index >= 15 is 0 Å². The molecule has 0 radical (unpaired) electrons. The Bertz CT molecular complexity index is 495. The average Bonchev–Trinajstić information content (AvgIpc) is 2.22. The Morgan fingerprint density at radius 3 is 2.73 bits per heavy atom. The Morgan fingerprint density at radius 2 is 2.00 bits per heavy atom. The topological polar surface area (TPSA) is 38.9 Å². The molecule has 0 saturated carbocycles. The molecule has 0 unspecified atom stereocenters. The van der Waals surface area contributed by atoms with Crippen molar-refractivity contribution in [2.24, 2.45) is 0 Å². The van der Waals surface area contributed by atoms with Crippen LogP contribution in [0.5, 0.6) is 0 Å². The van der Waals surface area contributed by atoms with Crippen molar-refractivity contribution in [3.8, 4) is 11.1 Å². The van der Waals surface area contributed by atoms with Crippen LogP contribution in [0.2, 0.25) is 5.02 Å². The van der Waals surface area contributed by atoms with Gasteiger partial charge in [0, 0.05) is 28.2 Å². The molecule has 0 aliphatic rings. The molecule has 1 heterocycles. The molecule has 2 rings (SSSR count). The summed E-state index contributed by atoms with van der Waals surface area (Å²) in [7, 11) is 0. The fraction of sp³-hybridized carbons (Fsp3) is 0.0833. The van der Waals surface area contributed by atoms with Gasteiger partial charge in [-0.2, -0.15) is 0 Å². The summed E-state index contributed by atoms with van der Waals surface area (Å²) in [4.78, 5) is 4.14. The number of hydrogen-bond acceptors (Lipinski definition) is 2. The first-order valence-corrected chi connectivity index (χ1v) is 5.02. The molecule has 1 aromatic heterocycles. The second kappa shape index (κ2) is 3.91. The molecule has 2 aromatic rings. The van der Waals surface area contributed by atoms with Gasteiger partial charge in [0.15, 0.2) is 0 Å². The molecule has 15 heavy (non-hydrogen) atoms. The number of aromatic nitrogens is 1. The van der Waals surface area contributed by atoms with Crippen LogP contribution in [0.15, 0.2) is 36.5 Å². The normalized spacial score (nSPS) is 10.3. The number of nitrogens with zero attached hydrogens (tertiary/aromatic N) is 1. The summed E-state index contributed by atoms with van der Waals surface area (Å²) < 4.78 is 0. The first-order valence-electron chi connectivity index (χ1n) is 4.65. The maximum atomic E-state index is 5.94. The predicted molar refractivity (Wildman–Crippen MR) is 63.8 cm³/mol. The Balaban J connectivity index is 2.58. The van der Waals surface area contributed by atoms with Gasteiger partial charge in [0.25, 0.3) is 0 Å². The van der Waals surface area contributed by atoms with Crippen molar-refractivity contribution < 1.29 is 0 Å². The average molecular weight is 219 g/mol. The van der Waals surface area contributed by atoms with Crippen LogP contribution in [-0.2, 0) is 0 Å². The third-order valence-electron chi connectivity index (χ3n) is 2.22. The van der Waals surface area contributed by atoms with Gasteiger partial charge >= 0.3 is 0 Å². The van der Waals surface area contributed by atoms with E-state index in [9.17, 15) is 0 Å². The maximum Gasteiger partial charge on any atom is 0.0413 e. The summed E-state index contributed by atoms with van der Waals surface area (Å²) in [6, 6.07) is 9.38. The van der Waals surface area contributed by atoms with Gasteiger partial charge in [-0.15, -0.1) is 0 Å². The lowest BCUT2D eigenvalue weighted by atomic mass is 10.0. The van der Waals surface area contributed by atoms with Crippen molar-refractivity contribution in [2.75, 3.05) is 5.73 Å². The van der Waals surface area contributed by atoms with Crippen molar-refractivity contribution in [2.45, 2.75) is 6.92 Å². The summed E-state index contributed by atoms with van der Waals surface area (Å²) in [6.07, 6.45) is 1.77. The van der Waals surface area contributed by atoms with Crippen LogP contribution in [0.1, 0.15) is 5.69 Å². The lowest BCUT2D eigenvalue weighted by Gasteiger charge is -2.06. The summed E-state index contributed by atoms with van der Waals surface area (Å²) in [6.45, 7) is 1.95. The Hall–Kier alpha value is -1.54. The van der Waals surface area contributed by atoms with Crippen molar-refractivity contribution >= 4 is 17.3 Å². The lowest BCUT2D eigenvalue weighted by Crippen LogP contribution is -1.90. The van der Waals surface area contributed by atoms with Crippen LogP contribution in [-0.4, -0.2) is 4.98 Å². The zero-order valence-corrected chi connectivity index (χ0v) is 9.12. The molecule has 0 aliphatic heterocycles. The molecule has 3 heteroatoms. The minimum atomic E-state index is 0.689. The van der Waals surface area contributed by atoms with Crippen molar-refractivity contribution in [3.05, 3.63) is 47.2 Å². The Morgan fingerprint density at radius 1 is 1.20 bits per heavy atom. The minimum absolute atomic E-state index is 0.689. The fourth-order valence-corrected chi connectivity index (χ4v) is 1.66. The molecule has 76 valence electrons. The van der Waals surface area contributed by atoms with Crippen LogP contribution < -0.4 is 5.73 Å². The third-order valence-corrected chi connectivity index (χ3v) is 2.46. The van der Waals surface area contributed by atoms with E-state index in [1.165, 1.54) is 0 Å². The van der Waals surface area contributed by atoms with Crippen molar-refractivity contribution in [1.29, 1.82) is 0 Å². The van der Waals surface area contributed by atoms with Gasteiger partial charge in [-0.05, 0) is 42.8 Å². The van der Waals surface area contributed by atoms with Crippen LogP contribution in [0.25, 0.3) is 11.1 Å². The second-order valence-electron chi connectivity index (χ2n) is 3.42. The van der Waals surface area contributed by atoms with Gasteiger partial charge in [-0.25, -0.2) is 0 Å². The smallest absolute Gasteiger partial charge is 0.0413 e. The summed E-state index contributed by atoms with van der Waals surface area (Å²) in [5.74, 6) is 0. The van der Waals surface area contributed by atoms with E-state index in [0.29, 0.717) is 5.02 Å². The van der Waals surface area contributed by atoms with Crippen molar-refractivity contribution in [3.63, 3.8) is 0 Å². The monoisotopic (exact) mass is 218 g/mol. The number of halogens is 1. The highest BCUT2D eigenvalue weighted by atomic mass is 35.5. The van der Waals surface area contributed by atoms with Gasteiger partial charge in [0.05, 0.1) is 0 Å². The molecular formula is C12H11ClN2. The van der Waals surface area contributed by atoms with E-state index in [-0.39, 0.29) is 0 Å². The van der Waals surface area contributed by atoms with Gasteiger partial charge in [-0.1, -0.05) is 11.6 Å². The van der Waals surface area contributed by atoms with Gasteiger partial charge in [0.2, 0.25) is 0 Å². The number of pyridine rings is 1. The lowest BCUT2D eigenvalue weighted by molar-refractivity contribution is 1.20. The Kier molecular flexibility index (Phi) is 2.60. The Labute approximate surface area is 93.7 Å². The maximum absolute atomic E-state index is 5.94. The minimum Gasteiger partial charge on any atom is -0.398 e. The van der Waals surface area contributed by atoms with E-state index in [2.05, 4.69) is 4.98 Å². The number of nitrogens with two attached hydrogens (primary N) is 1. The number of nitrogen functional groups attached to an aromatic ring is 1. The fourth-order valence-electron chi connectivity index (χ4n) is 1.49. The number of aryl methyl sites for hydroxylation is 1. The van der Waals surface area contributed by atoms with E-state index in [0.717, 1.165) is 22.5 Å². The third kappa shape index (κ3) is 2.10. The number of anilines is 1. The molecule has 0 spiro atoms. The van der Waals surface area contributed by atoms with Gasteiger partial charge < -0.3 is 5.73 Å². The standard InChI is InChI=1S/C12H11ClN2/c1-8-6-9(4-5-15-8)11-7-10(13)2-3-12(11)14/h2-7H,14H2,1H3. The van der Waals surface area contributed by atoms with E-state index in [1.807, 2.05) is 31.2 Å². The number of rotatable bonds is 1. The van der Waals surface area contributed by atoms with Crippen LogP contribution >= 0.6 is 11.6 Å². The van der Waals surface area contributed by atoms with Crippen molar-refractivity contribution in [1.82, 2.24) is 4.98 Å². The van der Waals surface area contributed by atoms with Crippen LogP contribution in [0, 0.1) is 6.92 Å². The molecule has 0 fully saturated rings. The molecule has 0 atom stereocenters. The second-order valence-corrected chi connectivity index (χ2v) is 3.85. The highest BCUT2D eigenvalue weighted by Gasteiger charge is 2.03. The zero-order chi connectivity index (χ0) is 10.8. The summed E-state index contributed by atoms with van der Waals surface area (Å²) in [5, 5.41) is 0.689. The molecule has 0 saturated heterocycles. The molecule has 0 amide bonds. The van der Waals surface area contributed by atoms with Crippen LogP contribution in [0.3, 0.4) is 0 Å². The highest BCUT2D eigenvalue weighted by molar-refractivity contribution is 6.31. The van der Waals surface area contributed by atoms with E-state index in [4.69, 9.17) is 17.3 Å². The first-order chi connectivity index (χ1) is 7.16. The van der Waals surface area contributed by atoms with E-state index < -0.39 is 0 Å². The first kappa shape index (κ1) is 9.99.